The quantitative estimate of drug-likeness (QED) is 0.683. The first-order chi connectivity index (χ1) is 7.33. The zero-order chi connectivity index (χ0) is 10.7. The number of carbonyl (C=O) groups excluding carboxylic acids is 2. The predicted molar refractivity (Wildman–Crippen MR) is 55.6 cm³/mol. The minimum absolute atomic E-state index is 0.137. The molecule has 0 aromatic heterocycles. The highest BCUT2D eigenvalue weighted by Gasteiger charge is 2.09. The second-order valence-electron chi connectivity index (χ2n) is 3.06. The number of hydrogen-bond donors (Lipinski definition) is 0. The number of hydrogen-bond acceptors (Lipinski definition) is 3. The van der Waals surface area contributed by atoms with Crippen molar-refractivity contribution in [1.29, 1.82) is 0 Å². The molecule has 0 fully saturated rings. The van der Waals surface area contributed by atoms with Crippen molar-refractivity contribution in [2.24, 2.45) is 0 Å². The van der Waals surface area contributed by atoms with E-state index in [1.807, 2.05) is 24.3 Å². The van der Waals surface area contributed by atoms with E-state index in [2.05, 4.69) is 0 Å². The summed E-state index contributed by atoms with van der Waals surface area (Å²) in [5.41, 5.74) is 1.72. The van der Waals surface area contributed by atoms with Gasteiger partial charge >= 0.3 is 0 Å². The third-order valence-corrected chi connectivity index (χ3v) is 2.06. The van der Waals surface area contributed by atoms with E-state index >= 15 is 0 Å². The van der Waals surface area contributed by atoms with E-state index in [-0.39, 0.29) is 11.5 Å². The van der Waals surface area contributed by atoms with Gasteiger partial charge in [0.2, 0.25) is 0 Å². The van der Waals surface area contributed by atoms with Crippen LogP contribution >= 0.6 is 0 Å². The lowest BCUT2D eigenvalue weighted by molar-refractivity contribution is -0.109. The molecule has 0 spiro atoms. The largest absolute Gasteiger partial charge is 0.450 e. The van der Waals surface area contributed by atoms with Crippen molar-refractivity contribution in [1.82, 2.24) is 0 Å². The summed E-state index contributed by atoms with van der Waals surface area (Å²) in [6, 6.07) is 7.42. The summed E-state index contributed by atoms with van der Waals surface area (Å²) < 4.78 is 5.08. The molecule has 0 amide bonds. The summed E-state index contributed by atoms with van der Waals surface area (Å²) in [4.78, 5) is 21.3. The number of carbonyl (C=O) groups is 2. The fourth-order valence-electron chi connectivity index (χ4n) is 1.39. The van der Waals surface area contributed by atoms with Gasteiger partial charge in [0.1, 0.15) is 0 Å². The fraction of sp³-hybridized carbons (Fsp3) is 0. The smallest absolute Gasteiger partial charge is 0.185 e. The number of aldehydes is 2. The Morgan fingerprint density at radius 1 is 0.867 bits per heavy atom. The van der Waals surface area contributed by atoms with Crippen LogP contribution in [0.3, 0.4) is 0 Å². The van der Waals surface area contributed by atoms with E-state index in [1.165, 1.54) is 0 Å². The van der Waals surface area contributed by atoms with Gasteiger partial charge in [0.15, 0.2) is 24.1 Å². The minimum atomic E-state index is 0.137. The summed E-state index contributed by atoms with van der Waals surface area (Å²) in [6.45, 7) is 0. The topological polar surface area (TPSA) is 43.4 Å². The molecular weight excluding hydrogens is 192 g/mol. The van der Waals surface area contributed by atoms with Gasteiger partial charge in [0.25, 0.3) is 0 Å². The third-order valence-electron chi connectivity index (χ3n) is 2.06. The number of benzene rings is 1. The van der Waals surface area contributed by atoms with Gasteiger partial charge in [-0.1, -0.05) is 24.3 Å². The summed E-state index contributed by atoms with van der Waals surface area (Å²) in [5, 5.41) is 0. The fourth-order valence-corrected chi connectivity index (χ4v) is 1.39. The molecule has 15 heavy (non-hydrogen) atoms. The highest BCUT2D eigenvalue weighted by Crippen LogP contribution is 2.21. The van der Waals surface area contributed by atoms with Crippen molar-refractivity contribution in [2.75, 3.05) is 0 Å². The Morgan fingerprint density at radius 2 is 1.33 bits per heavy atom. The standard InChI is InChI=1S/C12H8O3/c13-7-11-5-9-3-1-2-4-10(9)6-12(8-14)15-11/h1-8H. The van der Waals surface area contributed by atoms with Crippen molar-refractivity contribution in [3.63, 3.8) is 0 Å². The van der Waals surface area contributed by atoms with Crippen LogP contribution in [0.2, 0.25) is 0 Å². The van der Waals surface area contributed by atoms with Crippen molar-refractivity contribution >= 4 is 24.7 Å². The third kappa shape index (κ3) is 1.86. The molecule has 0 bridgehead atoms. The highest BCUT2D eigenvalue weighted by molar-refractivity contribution is 5.88. The van der Waals surface area contributed by atoms with E-state index in [1.54, 1.807) is 12.2 Å². The van der Waals surface area contributed by atoms with E-state index in [9.17, 15) is 9.59 Å². The molecule has 0 saturated heterocycles. The lowest BCUT2D eigenvalue weighted by Crippen LogP contribution is -1.93. The molecule has 0 radical (unpaired) electrons. The van der Waals surface area contributed by atoms with Gasteiger partial charge < -0.3 is 4.74 Å². The first kappa shape index (κ1) is 9.40. The Morgan fingerprint density at radius 3 is 1.73 bits per heavy atom. The maximum atomic E-state index is 10.6. The normalized spacial score (nSPS) is 13.9. The van der Waals surface area contributed by atoms with Gasteiger partial charge in [0.05, 0.1) is 0 Å². The lowest BCUT2D eigenvalue weighted by Gasteiger charge is -1.99. The molecular formula is C12H8O3. The average Bonchev–Trinajstić information content (AvgIpc) is 2.47. The highest BCUT2D eigenvalue weighted by atomic mass is 16.5. The molecule has 0 saturated carbocycles. The molecule has 1 aromatic rings. The number of rotatable bonds is 2. The number of ether oxygens (including phenoxy) is 1. The average molecular weight is 200 g/mol. The van der Waals surface area contributed by atoms with Crippen LogP contribution in [-0.4, -0.2) is 12.6 Å². The van der Waals surface area contributed by atoms with Crippen LogP contribution in [-0.2, 0) is 14.3 Å². The molecule has 1 aliphatic heterocycles. The minimum Gasteiger partial charge on any atom is -0.450 e. The second-order valence-corrected chi connectivity index (χ2v) is 3.06. The Kier molecular flexibility index (Phi) is 2.46. The molecule has 0 atom stereocenters. The van der Waals surface area contributed by atoms with Crippen LogP contribution < -0.4 is 0 Å². The molecule has 0 unspecified atom stereocenters. The van der Waals surface area contributed by atoms with Crippen LogP contribution in [0, 0.1) is 0 Å². The Hall–Kier alpha value is -2.16. The SMILES string of the molecule is O=CC1=Cc2ccccc2C=C(C=O)O1. The Labute approximate surface area is 86.7 Å². The second kappa shape index (κ2) is 3.92. The van der Waals surface area contributed by atoms with Crippen LogP contribution in [0.1, 0.15) is 11.1 Å². The molecule has 3 nitrogen and oxygen atoms in total. The van der Waals surface area contributed by atoms with Crippen molar-refractivity contribution in [2.45, 2.75) is 0 Å². The maximum Gasteiger partial charge on any atom is 0.185 e. The molecule has 1 heterocycles. The summed E-state index contributed by atoms with van der Waals surface area (Å²) >= 11 is 0. The van der Waals surface area contributed by atoms with Gasteiger partial charge in [-0.3, -0.25) is 9.59 Å². The monoisotopic (exact) mass is 200 g/mol. The van der Waals surface area contributed by atoms with Crippen molar-refractivity contribution < 1.29 is 14.3 Å². The van der Waals surface area contributed by atoms with E-state index in [4.69, 9.17) is 4.74 Å². The van der Waals surface area contributed by atoms with E-state index in [0.717, 1.165) is 11.1 Å². The molecule has 3 heteroatoms. The van der Waals surface area contributed by atoms with Crippen molar-refractivity contribution in [3.05, 3.63) is 46.9 Å². The van der Waals surface area contributed by atoms with Crippen LogP contribution in [0.25, 0.3) is 12.2 Å². The zero-order valence-electron chi connectivity index (χ0n) is 7.84. The van der Waals surface area contributed by atoms with Gasteiger partial charge in [-0.15, -0.1) is 0 Å². The number of allylic oxidation sites excluding steroid dienone is 2. The van der Waals surface area contributed by atoms with Crippen LogP contribution in [0.4, 0.5) is 0 Å². The van der Waals surface area contributed by atoms with Crippen LogP contribution in [0.15, 0.2) is 35.8 Å². The molecule has 2 rings (SSSR count). The van der Waals surface area contributed by atoms with Crippen molar-refractivity contribution in [3.8, 4) is 0 Å². The molecule has 1 aromatic carbocycles. The van der Waals surface area contributed by atoms with Gasteiger partial charge in [-0.2, -0.15) is 0 Å². The van der Waals surface area contributed by atoms with Crippen LogP contribution in [0.5, 0.6) is 0 Å². The first-order valence-electron chi connectivity index (χ1n) is 4.44. The van der Waals surface area contributed by atoms with Gasteiger partial charge in [0, 0.05) is 0 Å². The summed E-state index contributed by atoms with van der Waals surface area (Å²) in [5.74, 6) is 0.275. The molecule has 0 N–H and O–H groups in total. The van der Waals surface area contributed by atoms with E-state index < -0.39 is 0 Å². The van der Waals surface area contributed by atoms with Gasteiger partial charge in [-0.25, -0.2) is 0 Å². The molecule has 74 valence electrons. The summed E-state index contributed by atoms with van der Waals surface area (Å²) in [6.07, 6.45) is 4.38. The maximum absolute atomic E-state index is 10.6. The Bertz CT molecular complexity index is 427. The van der Waals surface area contributed by atoms with E-state index in [0.29, 0.717) is 12.6 Å². The Balaban J connectivity index is 2.60. The summed E-state index contributed by atoms with van der Waals surface area (Å²) in [7, 11) is 0. The lowest BCUT2D eigenvalue weighted by atomic mass is 10.1. The number of fused-ring (bicyclic) bond motifs is 1. The molecule has 0 aliphatic carbocycles. The molecule has 1 aliphatic rings. The van der Waals surface area contributed by atoms with Gasteiger partial charge in [-0.05, 0) is 23.3 Å². The predicted octanol–water partition coefficient (Wildman–Crippen LogP) is 1.80. The zero-order valence-corrected chi connectivity index (χ0v) is 7.84. The first-order valence-corrected chi connectivity index (χ1v) is 4.44.